The van der Waals surface area contributed by atoms with Crippen LogP contribution in [0.2, 0.25) is 0 Å². The van der Waals surface area contributed by atoms with Crippen LogP contribution in [-0.2, 0) is 0 Å². The summed E-state index contributed by atoms with van der Waals surface area (Å²) in [6.07, 6.45) is 1.55. The number of hydrogen-bond donors (Lipinski definition) is 2. The summed E-state index contributed by atoms with van der Waals surface area (Å²) in [5.41, 5.74) is 6.62. The van der Waals surface area contributed by atoms with Crippen molar-refractivity contribution in [2.75, 3.05) is 0 Å². The lowest BCUT2D eigenvalue weighted by Crippen LogP contribution is -1.96. The van der Waals surface area contributed by atoms with Gasteiger partial charge in [-0.3, -0.25) is 0 Å². The molecule has 3 heteroatoms. The van der Waals surface area contributed by atoms with Crippen LogP contribution < -0.4 is 5.73 Å². The topological polar surface area (TPSA) is 46.2 Å². The molecule has 0 aromatic rings. The van der Waals surface area contributed by atoms with E-state index in [1.54, 1.807) is 11.5 Å². The van der Waals surface area contributed by atoms with Crippen molar-refractivity contribution in [3.63, 3.8) is 0 Å². The summed E-state index contributed by atoms with van der Waals surface area (Å²) in [5.74, 6) is 0. The van der Waals surface area contributed by atoms with Gasteiger partial charge in [0.05, 0.1) is 0 Å². The lowest BCUT2D eigenvalue weighted by Gasteiger charge is -1.98. The van der Waals surface area contributed by atoms with Gasteiger partial charge in [0, 0.05) is 11.1 Å². The minimum Gasteiger partial charge on any atom is -0.502 e. The van der Waals surface area contributed by atoms with Crippen LogP contribution in [0.5, 0.6) is 0 Å². The molecular formula is C8H11NOS. The molecule has 0 amide bonds. The normalized spacial score (nSPS) is 10.7. The Labute approximate surface area is 70.8 Å². The summed E-state index contributed by atoms with van der Waals surface area (Å²) < 4.78 is 0. The van der Waals surface area contributed by atoms with Gasteiger partial charge in [0.1, 0.15) is 5.09 Å². The van der Waals surface area contributed by atoms with E-state index in [2.05, 4.69) is 19.7 Å². The quantitative estimate of drug-likeness (QED) is 0.501. The van der Waals surface area contributed by atoms with Crippen LogP contribution in [0.15, 0.2) is 47.6 Å². The van der Waals surface area contributed by atoms with Gasteiger partial charge in [-0.2, -0.15) is 0 Å². The first kappa shape index (κ1) is 9.91. The highest BCUT2D eigenvalue weighted by Gasteiger charge is 1.92. The first-order chi connectivity index (χ1) is 5.07. The van der Waals surface area contributed by atoms with Gasteiger partial charge in [-0.25, -0.2) is 0 Å². The van der Waals surface area contributed by atoms with E-state index in [-0.39, 0.29) is 5.09 Å². The summed E-state index contributed by atoms with van der Waals surface area (Å²) in [7, 11) is 0. The third-order valence-electron chi connectivity index (χ3n) is 0.939. The average Bonchev–Trinajstić information content (AvgIpc) is 1.98. The highest BCUT2D eigenvalue weighted by molar-refractivity contribution is 8.05. The zero-order valence-corrected chi connectivity index (χ0v) is 7.03. The zero-order valence-electron chi connectivity index (χ0n) is 6.21. The number of hydrogen-bond acceptors (Lipinski definition) is 3. The molecule has 2 nitrogen and oxygen atoms in total. The van der Waals surface area contributed by atoms with E-state index in [1.807, 2.05) is 0 Å². The van der Waals surface area contributed by atoms with Crippen LogP contribution in [0.4, 0.5) is 0 Å². The number of thioether (sulfide) groups is 1. The number of rotatable bonds is 4. The Bertz CT molecular complexity index is 218. The van der Waals surface area contributed by atoms with E-state index in [0.29, 0.717) is 11.3 Å². The molecule has 0 saturated heterocycles. The number of aliphatic hydroxyl groups excluding tert-OH is 1. The van der Waals surface area contributed by atoms with Crippen LogP contribution >= 0.6 is 11.8 Å². The molecule has 0 radical (unpaired) electrons. The van der Waals surface area contributed by atoms with Gasteiger partial charge in [-0.1, -0.05) is 31.0 Å². The molecule has 0 fully saturated rings. The molecule has 60 valence electrons. The molecule has 0 aliphatic carbocycles. The number of nitrogens with two attached hydrogens (primary N) is 1. The molecule has 0 heterocycles. The maximum Gasteiger partial charge on any atom is 0.146 e. The highest BCUT2D eigenvalue weighted by Crippen LogP contribution is 2.14. The molecule has 0 atom stereocenters. The summed E-state index contributed by atoms with van der Waals surface area (Å²) in [4.78, 5) is 0. The molecule has 0 unspecified atom stereocenters. The van der Waals surface area contributed by atoms with Crippen molar-refractivity contribution in [1.82, 2.24) is 0 Å². The molecule has 0 bridgehead atoms. The maximum atomic E-state index is 8.67. The molecule has 0 aliphatic rings. The highest BCUT2D eigenvalue weighted by atomic mass is 32.2. The fraction of sp³-hybridized carbons (Fsp3) is 0. The van der Waals surface area contributed by atoms with Gasteiger partial charge >= 0.3 is 0 Å². The molecular weight excluding hydrogens is 158 g/mol. The van der Waals surface area contributed by atoms with Crippen molar-refractivity contribution in [2.45, 2.75) is 0 Å². The Morgan fingerprint density at radius 3 is 2.36 bits per heavy atom. The Kier molecular flexibility index (Phi) is 4.22. The van der Waals surface area contributed by atoms with Crippen LogP contribution in [0.25, 0.3) is 0 Å². The van der Waals surface area contributed by atoms with Crippen molar-refractivity contribution in [1.29, 1.82) is 0 Å². The fourth-order valence-corrected chi connectivity index (χ4v) is 0.739. The summed E-state index contributed by atoms with van der Waals surface area (Å²) >= 11 is 1.05. The molecule has 3 N–H and O–H groups in total. The monoisotopic (exact) mass is 169 g/mol. The van der Waals surface area contributed by atoms with Gasteiger partial charge in [0.2, 0.25) is 0 Å². The van der Waals surface area contributed by atoms with Crippen LogP contribution in [0, 0.1) is 0 Å². The third kappa shape index (κ3) is 4.33. The first-order valence-corrected chi connectivity index (χ1v) is 3.77. The maximum absolute atomic E-state index is 8.67. The first-order valence-electron chi connectivity index (χ1n) is 2.89. The van der Waals surface area contributed by atoms with E-state index in [0.717, 1.165) is 11.8 Å². The minimum absolute atomic E-state index is 0.00446. The van der Waals surface area contributed by atoms with Gasteiger partial charge < -0.3 is 10.8 Å². The average molecular weight is 169 g/mol. The third-order valence-corrected chi connectivity index (χ3v) is 1.58. The van der Waals surface area contributed by atoms with Crippen molar-refractivity contribution in [3.8, 4) is 0 Å². The summed E-state index contributed by atoms with van der Waals surface area (Å²) in [5, 5.41) is 10.2. The second kappa shape index (κ2) is 4.68. The van der Waals surface area contributed by atoms with E-state index < -0.39 is 0 Å². The van der Waals surface area contributed by atoms with Gasteiger partial charge in [-0.15, -0.1) is 0 Å². The van der Waals surface area contributed by atoms with Crippen molar-refractivity contribution in [3.05, 3.63) is 47.6 Å². The van der Waals surface area contributed by atoms with Crippen molar-refractivity contribution in [2.24, 2.45) is 5.73 Å². The van der Waals surface area contributed by atoms with Gasteiger partial charge in [-0.05, 0) is 12.2 Å². The Balaban J connectivity index is 4.11. The molecule has 0 spiro atoms. The van der Waals surface area contributed by atoms with Crippen LogP contribution in [0.1, 0.15) is 0 Å². The standard InChI is InChI=1S/C8H11NOS/c1-4-6(2)8(9)5-11-7(3)10/h4-5,10H,1-3,9H2/b8-5-. The van der Waals surface area contributed by atoms with E-state index >= 15 is 0 Å². The Hall–Kier alpha value is -1.09. The minimum atomic E-state index is 0.00446. The smallest absolute Gasteiger partial charge is 0.146 e. The van der Waals surface area contributed by atoms with Crippen LogP contribution in [-0.4, -0.2) is 5.11 Å². The second-order valence-electron chi connectivity index (χ2n) is 1.81. The van der Waals surface area contributed by atoms with E-state index in [1.165, 1.54) is 0 Å². The predicted octanol–water partition coefficient (Wildman–Crippen LogP) is 2.29. The predicted molar refractivity (Wildman–Crippen MR) is 51.0 cm³/mol. The lowest BCUT2D eigenvalue weighted by atomic mass is 10.2. The van der Waals surface area contributed by atoms with Gasteiger partial charge in [0.15, 0.2) is 0 Å². The van der Waals surface area contributed by atoms with Crippen molar-refractivity contribution >= 4 is 11.8 Å². The van der Waals surface area contributed by atoms with E-state index in [4.69, 9.17) is 10.8 Å². The van der Waals surface area contributed by atoms with E-state index in [9.17, 15) is 0 Å². The van der Waals surface area contributed by atoms with Gasteiger partial charge in [0.25, 0.3) is 0 Å². The summed E-state index contributed by atoms with van der Waals surface area (Å²) in [6, 6.07) is 0. The second-order valence-corrected chi connectivity index (χ2v) is 2.76. The molecule has 0 aromatic carbocycles. The summed E-state index contributed by atoms with van der Waals surface area (Å²) in [6.45, 7) is 10.4. The Morgan fingerprint density at radius 2 is 2.00 bits per heavy atom. The number of aliphatic hydroxyl groups is 1. The molecule has 0 aliphatic heterocycles. The Morgan fingerprint density at radius 1 is 1.45 bits per heavy atom. The molecule has 0 rings (SSSR count). The fourth-order valence-electron chi connectivity index (χ4n) is 0.325. The molecule has 0 saturated carbocycles. The molecule has 11 heavy (non-hydrogen) atoms. The number of allylic oxidation sites excluding steroid dienone is 1. The van der Waals surface area contributed by atoms with Crippen LogP contribution in [0.3, 0.4) is 0 Å². The lowest BCUT2D eigenvalue weighted by molar-refractivity contribution is 0.459. The largest absolute Gasteiger partial charge is 0.502 e. The molecule has 0 aromatic heterocycles. The van der Waals surface area contributed by atoms with Crippen molar-refractivity contribution < 1.29 is 5.11 Å². The SMILES string of the molecule is C=CC(=C)/C(N)=C/SC(=C)O. The zero-order chi connectivity index (χ0) is 8.85.